The van der Waals surface area contributed by atoms with Crippen molar-refractivity contribution in [3.63, 3.8) is 0 Å². The Kier molecular flexibility index (Phi) is 51.3. The van der Waals surface area contributed by atoms with E-state index in [1.54, 1.807) is 0 Å². The van der Waals surface area contributed by atoms with Gasteiger partial charge in [-0.05, 0) is 62.3 Å². The Morgan fingerprint density at radius 1 is 0.344 bits per heavy atom. The van der Waals surface area contributed by atoms with Gasteiger partial charge in [-0.1, -0.05) is 0 Å². The molecule has 0 saturated heterocycles. The van der Waals surface area contributed by atoms with Crippen molar-refractivity contribution in [1.29, 1.82) is 0 Å². The van der Waals surface area contributed by atoms with Gasteiger partial charge in [0.25, 0.3) is 0 Å². The van der Waals surface area contributed by atoms with Crippen LogP contribution in [0.5, 0.6) is 0 Å². The van der Waals surface area contributed by atoms with Crippen molar-refractivity contribution in [2.75, 3.05) is 59.5 Å². The first-order chi connectivity index (χ1) is 15.5. The van der Waals surface area contributed by atoms with Crippen LogP contribution in [0.25, 0.3) is 0 Å². The molecular weight excluding hydrogens is 590 g/mol. The third-order valence-electron chi connectivity index (χ3n) is 2.11. The molecule has 0 aromatic heterocycles. The van der Waals surface area contributed by atoms with E-state index in [0.29, 0.717) is 59.5 Å². The summed E-state index contributed by atoms with van der Waals surface area (Å²) in [7, 11) is 1.39. The summed E-state index contributed by atoms with van der Waals surface area (Å²) in [6.07, 6.45) is 0. The average Bonchev–Trinajstić information content (AvgIpc) is 2.78. The van der Waals surface area contributed by atoms with Crippen LogP contribution in [-0.2, 0) is 58.0 Å². The van der Waals surface area contributed by atoms with Crippen LogP contribution in [0.2, 0.25) is 0 Å². The van der Waals surface area contributed by atoms with Crippen LogP contribution in [0, 0.1) is 0 Å². The third-order valence-corrected chi connectivity index (χ3v) is 6.33. The molecule has 0 atom stereocenters. The minimum absolute atomic E-state index is 0.645. The average molecular weight is 635 g/mol. The predicted octanol–water partition coefficient (Wildman–Crippen LogP) is 7.66. The van der Waals surface area contributed by atoms with Gasteiger partial charge in [-0.3, -0.25) is 0 Å². The number of rotatable bonds is 18. The molecule has 0 spiro atoms. The summed E-state index contributed by atoms with van der Waals surface area (Å²) in [4.78, 5) is 0. The van der Waals surface area contributed by atoms with Crippen molar-refractivity contribution in [2.24, 2.45) is 0 Å². The first-order valence-electron chi connectivity index (χ1n) is 10.7. The molecule has 0 fully saturated rings. The van der Waals surface area contributed by atoms with E-state index >= 15 is 0 Å². The van der Waals surface area contributed by atoms with Crippen LogP contribution in [0.1, 0.15) is 62.3 Å². The summed E-state index contributed by atoms with van der Waals surface area (Å²) in [6.45, 7) is 23.1. The molecule has 0 aliphatic carbocycles. The standard InChI is InChI=1S/3C6H15O3P.ClH.Ru/c3*1-4-7-10(8-5-2)9-6-3;;/h3*4-6H2,1-3H3;1H;/q;;;;+1/p-1. The van der Waals surface area contributed by atoms with Gasteiger partial charge in [-0.2, -0.15) is 0 Å². The maximum atomic E-state index is 5.14. The quantitative estimate of drug-likeness (QED) is 0.111. The van der Waals surface area contributed by atoms with Crippen molar-refractivity contribution in [2.45, 2.75) is 62.3 Å². The molecule has 0 aromatic rings. The van der Waals surface area contributed by atoms with Crippen LogP contribution in [0.4, 0.5) is 0 Å². The molecule has 0 amide bonds. The minimum atomic E-state index is -1.06. The van der Waals surface area contributed by atoms with E-state index in [-0.39, 0.29) is 0 Å². The Morgan fingerprint density at radius 3 is 0.500 bits per heavy atom. The van der Waals surface area contributed by atoms with Crippen molar-refractivity contribution >= 4 is 35.5 Å². The molecule has 0 radical (unpaired) electrons. The van der Waals surface area contributed by atoms with Gasteiger partial charge in [0.2, 0.25) is 0 Å². The van der Waals surface area contributed by atoms with Gasteiger partial charge in [0.05, 0.1) is 59.5 Å². The fourth-order valence-corrected chi connectivity index (χ4v) is 3.85. The van der Waals surface area contributed by atoms with E-state index < -0.39 is 25.8 Å². The molecular formula is C18H45ClO9P3Ru. The molecule has 0 unspecified atom stereocenters. The van der Waals surface area contributed by atoms with E-state index in [9.17, 15) is 0 Å². The molecule has 0 bridgehead atoms. The number of halogens is 1. The van der Waals surface area contributed by atoms with E-state index in [2.05, 4.69) is 9.69 Å². The van der Waals surface area contributed by atoms with E-state index in [1.165, 1.54) is 0 Å². The number of hydrogen-bond acceptors (Lipinski definition) is 9. The van der Waals surface area contributed by atoms with Gasteiger partial charge < -0.3 is 40.7 Å². The van der Waals surface area contributed by atoms with Crippen molar-refractivity contribution in [3.8, 4) is 0 Å². The predicted molar refractivity (Wildman–Crippen MR) is 131 cm³/mol. The summed E-state index contributed by atoms with van der Waals surface area (Å²) in [5.41, 5.74) is 0. The van der Waals surface area contributed by atoms with Gasteiger partial charge in [-0.25, -0.2) is 0 Å². The first kappa shape index (κ1) is 41.0. The van der Waals surface area contributed by atoms with Crippen LogP contribution >= 0.6 is 35.5 Å². The molecule has 0 N–H and O–H groups in total. The Labute approximate surface area is 214 Å². The Balaban J connectivity index is -0.000000176. The maximum absolute atomic E-state index is 5.14. The summed E-state index contributed by atoms with van der Waals surface area (Å²) < 4.78 is 46.3. The second-order valence-electron chi connectivity index (χ2n) is 4.43. The van der Waals surface area contributed by atoms with Crippen molar-refractivity contribution in [3.05, 3.63) is 0 Å². The number of hydrogen-bond donors (Lipinski definition) is 0. The monoisotopic (exact) mass is 635 g/mol. The Hall–Kier alpha value is 1.84. The molecule has 9 nitrogen and oxygen atoms in total. The molecule has 0 rings (SSSR count). The van der Waals surface area contributed by atoms with E-state index in [4.69, 9.17) is 40.7 Å². The summed E-state index contributed by atoms with van der Waals surface area (Å²) in [5.74, 6) is 0. The molecule has 14 heteroatoms. The summed E-state index contributed by atoms with van der Waals surface area (Å²) in [6, 6.07) is 0. The molecule has 0 heterocycles. The van der Waals surface area contributed by atoms with Gasteiger partial charge in [0.15, 0.2) is 0 Å². The van der Waals surface area contributed by atoms with E-state index in [1.807, 2.05) is 79.6 Å². The van der Waals surface area contributed by atoms with Crippen LogP contribution < -0.4 is 0 Å². The molecule has 0 saturated carbocycles. The second kappa shape index (κ2) is 40.0. The van der Waals surface area contributed by atoms with Gasteiger partial charge in [0.1, 0.15) is 0 Å². The molecule has 0 aromatic carbocycles. The SMILES string of the molecule is CCOP(OCC)OCC.CCOP(OCC)OCC.CCOP(OCC)OCC.[Cl][Ru]. The van der Waals surface area contributed by atoms with Gasteiger partial charge in [0, 0.05) is 0 Å². The van der Waals surface area contributed by atoms with Crippen molar-refractivity contribution < 1.29 is 58.0 Å². The fraction of sp³-hybridized carbons (Fsp3) is 1.00. The first-order valence-corrected chi connectivity index (χ1v) is 16.3. The molecule has 0 aliphatic rings. The van der Waals surface area contributed by atoms with Crippen LogP contribution in [-0.4, -0.2) is 59.5 Å². The summed E-state index contributed by atoms with van der Waals surface area (Å²) in [5, 5.41) is 0. The van der Waals surface area contributed by atoms with Gasteiger partial charge >= 0.3 is 52.8 Å². The Bertz CT molecular complexity index is 223. The Morgan fingerprint density at radius 2 is 0.438 bits per heavy atom. The topological polar surface area (TPSA) is 83.1 Å². The van der Waals surface area contributed by atoms with Crippen LogP contribution in [0.3, 0.4) is 0 Å². The zero-order chi connectivity index (χ0) is 25.5. The summed E-state index contributed by atoms with van der Waals surface area (Å²) >= 11 is 1.82. The van der Waals surface area contributed by atoms with Gasteiger partial charge in [-0.15, -0.1) is 0 Å². The van der Waals surface area contributed by atoms with Crippen LogP contribution in [0.15, 0.2) is 0 Å². The second-order valence-corrected chi connectivity index (χ2v) is 8.10. The van der Waals surface area contributed by atoms with E-state index in [0.717, 1.165) is 0 Å². The molecule has 201 valence electrons. The normalized spacial score (nSPS) is 10.3. The fourth-order valence-electron chi connectivity index (χ4n) is 1.28. The zero-order valence-corrected chi connectivity index (χ0v) is 26.3. The van der Waals surface area contributed by atoms with Crippen molar-refractivity contribution in [1.82, 2.24) is 0 Å². The molecule has 32 heavy (non-hydrogen) atoms. The molecule has 0 aliphatic heterocycles. The third kappa shape index (κ3) is 36.4. The zero-order valence-electron chi connectivity index (χ0n) is 21.1.